The van der Waals surface area contributed by atoms with Crippen molar-refractivity contribution >= 4 is 16.9 Å². The van der Waals surface area contributed by atoms with Gasteiger partial charge in [-0.2, -0.15) is 18.3 Å². The summed E-state index contributed by atoms with van der Waals surface area (Å²) in [7, 11) is 1.61. The number of halogens is 3. The van der Waals surface area contributed by atoms with E-state index in [1.807, 2.05) is 12.1 Å². The maximum Gasteiger partial charge on any atom is 0.417 e. The van der Waals surface area contributed by atoms with Crippen molar-refractivity contribution in [2.45, 2.75) is 19.0 Å². The molecule has 1 aliphatic rings. The quantitative estimate of drug-likeness (QED) is 0.448. The fraction of sp³-hybridized carbons (Fsp3) is 0.261. The highest BCUT2D eigenvalue weighted by atomic mass is 19.4. The Morgan fingerprint density at radius 1 is 0.935 bits per heavy atom. The standard InChI is InChI=1S/C23H20F3N5/c1-30-22-20(21(29-30)15-7-3-2-4-8-15)17(23(24,25)26)13-18(28-22)16-9-10-19(27-14-16)31-11-5-6-12-31/h2-4,7-10,13-14H,5-6,11-12H2,1H3. The lowest BCUT2D eigenvalue weighted by Crippen LogP contribution is -2.18. The van der Waals surface area contributed by atoms with E-state index in [1.165, 1.54) is 4.68 Å². The van der Waals surface area contributed by atoms with Gasteiger partial charge in [0, 0.05) is 37.5 Å². The highest BCUT2D eigenvalue weighted by Crippen LogP contribution is 2.40. The van der Waals surface area contributed by atoms with E-state index >= 15 is 0 Å². The first-order chi connectivity index (χ1) is 14.9. The van der Waals surface area contributed by atoms with Crippen LogP contribution in [0.5, 0.6) is 0 Å². The van der Waals surface area contributed by atoms with Crippen molar-refractivity contribution in [2.75, 3.05) is 18.0 Å². The molecule has 1 fully saturated rings. The Hall–Kier alpha value is -3.42. The summed E-state index contributed by atoms with van der Waals surface area (Å²) < 4.78 is 43.7. The molecule has 1 saturated heterocycles. The molecule has 31 heavy (non-hydrogen) atoms. The summed E-state index contributed by atoms with van der Waals surface area (Å²) in [4.78, 5) is 11.2. The number of rotatable bonds is 3. The number of fused-ring (bicyclic) bond motifs is 1. The average molecular weight is 423 g/mol. The molecule has 5 rings (SSSR count). The molecule has 0 aliphatic carbocycles. The van der Waals surface area contributed by atoms with Crippen molar-refractivity contribution in [3.63, 3.8) is 0 Å². The van der Waals surface area contributed by atoms with Crippen LogP contribution in [0.15, 0.2) is 54.7 Å². The molecule has 5 nitrogen and oxygen atoms in total. The third-order valence-electron chi connectivity index (χ3n) is 5.62. The molecular formula is C23H20F3N5. The SMILES string of the molecule is Cn1nc(-c2ccccc2)c2c(C(F)(F)F)cc(-c3ccc(N4CCCC4)nc3)nc21. The zero-order valence-corrected chi connectivity index (χ0v) is 16.9. The number of anilines is 1. The summed E-state index contributed by atoms with van der Waals surface area (Å²) in [6.07, 6.45) is -0.705. The number of hydrogen-bond acceptors (Lipinski definition) is 4. The second-order valence-corrected chi connectivity index (χ2v) is 7.69. The molecule has 0 spiro atoms. The Morgan fingerprint density at radius 2 is 1.68 bits per heavy atom. The molecule has 4 aromatic rings. The van der Waals surface area contributed by atoms with Gasteiger partial charge < -0.3 is 4.90 Å². The normalized spacial score (nSPS) is 14.5. The molecule has 3 aromatic heterocycles. The van der Waals surface area contributed by atoms with E-state index in [9.17, 15) is 13.2 Å². The van der Waals surface area contributed by atoms with Gasteiger partial charge in [-0.15, -0.1) is 0 Å². The molecule has 1 aliphatic heterocycles. The fourth-order valence-corrected chi connectivity index (χ4v) is 4.09. The van der Waals surface area contributed by atoms with Crippen LogP contribution in [0.3, 0.4) is 0 Å². The zero-order valence-electron chi connectivity index (χ0n) is 16.9. The highest BCUT2D eigenvalue weighted by Gasteiger charge is 2.36. The molecule has 158 valence electrons. The van der Waals surface area contributed by atoms with Crippen molar-refractivity contribution in [2.24, 2.45) is 7.05 Å². The van der Waals surface area contributed by atoms with E-state index in [4.69, 9.17) is 0 Å². The van der Waals surface area contributed by atoms with Gasteiger partial charge in [-0.1, -0.05) is 30.3 Å². The molecule has 0 atom stereocenters. The molecule has 4 heterocycles. The summed E-state index contributed by atoms with van der Waals surface area (Å²) in [6, 6.07) is 13.6. The number of alkyl halides is 3. The van der Waals surface area contributed by atoms with E-state index in [0.717, 1.165) is 37.8 Å². The topological polar surface area (TPSA) is 46.8 Å². The molecular weight excluding hydrogens is 403 g/mol. The maximum atomic E-state index is 14.1. The van der Waals surface area contributed by atoms with Crippen molar-refractivity contribution in [1.82, 2.24) is 19.7 Å². The van der Waals surface area contributed by atoms with Crippen LogP contribution in [0.25, 0.3) is 33.5 Å². The fourth-order valence-electron chi connectivity index (χ4n) is 4.09. The summed E-state index contributed by atoms with van der Waals surface area (Å²) >= 11 is 0. The lowest BCUT2D eigenvalue weighted by Gasteiger charge is -2.16. The van der Waals surface area contributed by atoms with E-state index in [0.29, 0.717) is 11.1 Å². The minimum Gasteiger partial charge on any atom is -0.357 e. The molecule has 0 N–H and O–H groups in total. The van der Waals surface area contributed by atoms with Gasteiger partial charge in [-0.25, -0.2) is 14.6 Å². The van der Waals surface area contributed by atoms with Crippen molar-refractivity contribution < 1.29 is 13.2 Å². The predicted octanol–water partition coefficient (Wildman–Crippen LogP) is 5.32. The third kappa shape index (κ3) is 3.52. The summed E-state index contributed by atoms with van der Waals surface area (Å²) in [5.74, 6) is 0.838. The average Bonchev–Trinajstić information content (AvgIpc) is 3.42. The smallest absolute Gasteiger partial charge is 0.357 e. The Bertz CT molecular complexity index is 1220. The lowest BCUT2D eigenvalue weighted by molar-refractivity contribution is -0.136. The van der Waals surface area contributed by atoms with E-state index < -0.39 is 11.7 Å². The second-order valence-electron chi connectivity index (χ2n) is 7.69. The zero-order chi connectivity index (χ0) is 21.6. The third-order valence-corrected chi connectivity index (χ3v) is 5.62. The van der Waals surface area contributed by atoms with Gasteiger partial charge in [0.05, 0.1) is 16.6 Å². The summed E-state index contributed by atoms with van der Waals surface area (Å²) in [6.45, 7) is 1.90. The van der Waals surface area contributed by atoms with Gasteiger partial charge in [0.2, 0.25) is 0 Å². The Kier molecular flexibility index (Phi) is 4.64. The molecule has 8 heteroatoms. The molecule has 0 unspecified atom stereocenters. The van der Waals surface area contributed by atoms with Gasteiger partial charge in [0.15, 0.2) is 5.65 Å². The van der Waals surface area contributed by atoms with Crippen LogP contribution in [0.1, 0.15) is 18.4 Å². The van der Waals surface area contributed by atoms with Crippen molar-refractivity contribution in [3.8, 4) is 22.5 Å². The predicted molar refractivity (Wildman–Crippen MR) is 114 cm³/mol. The van der Waals surface area contributed by atoms with E-state index in [1.54, 1.807) is 43.6 Å². The number of aryl methyl sites for hydroxylation is 1. The van der Waals surface area contributed by atoms with E-state index in [2.05, 4.69) is 20.0 Å². The number of benzene rings is 1. The first kappa shape index (κ1) is 19.5. The number of pyridine rings is 2. The first-order valence-electron chi connectivity index (χ1n) is 10.1. The minimum absolute atomic E-state index is 0.00611. The molecule has 0 radical (unpaired) electrons. The molecule has 0 amide bonds. The molecule has 0 bridgehead atoms. The Morgan fingerprint density at radius 3 is 2.32 bits per heavy atom. The minimum atomic E-state index is -4.55. The van der Waals surface area contributed by atoms with Crippen molar-refractivity contribution in [3.05, 3.63) is 60.3 Å². The second kappa shape index (κ2) is 7.37. The summed E-state index contributed by atoms with van der Waals surface area (Å²) in [5, 5.41) is 4.37. The molecule has 0 saturated carbocycles. The monoisotopic (exact) mass is 423 g/mol. The lowest BCUT2D eigenvalue weighted by atomic mass is 10.0. The van der Waals surface area contributed by atoms with Gasteiger partial charge in [-0.3, -0.25) is 0 Å². The van der Waals surface area contributed by atoms with Gasteiger partial charge in [-0.05, 0) is 31.0 Å². The number of nitrogens with zero attached hydrogens (tertiary/aromatic N) is 5. The van der Waals surface area contributed by atoms with Crippen LogP contribution in [0.2, 0.25) is 0 Å². The Labute approximate surface area is 177 Å². The van der Waals surface area contributed by atoms with Crippen LogP contribution in [-0.2, 0) is 13.2 Å². The van der Waals surface area contributed by atoms with Crippen LogP contribution < -0.4 is 4.90 Å². The largest absolute Gasteiger partial charge is 0.417 e. The first-order valence-corrected chi connectivity index (χ1v) is 10.1. The highest BCUT2D eigenvalue weighted by molar-refractivity contribution is 5.95. The van der Waals surface area contributed by atoms with Crippen molar-refractivity contribution in [1.29, 1.82) is 0 Å². The van der Waals surface area contributed by atoms with Crippen LogP contribution >= 0.6 is 0 Å². The number of aromatic nitrogens is 4. The molecule has 1 aromatic carbocycles. The van der Waals surface area contributed by atoms with E-state index in [-0.39, 0.29) is 22.4 Å². The van der Waals surface area contributed by atoms with Gasteiger partial charge in [0.25, 0.3) is 0 Å². The van der Waals surface area contributed by atoms with Crippen LogP contribution in [0.4, 0.5) is 19.0 Å². The number of hydrogen-bond donors (Lipinski definition) is 0. The van der Waals surface area contributed by atoms with Crippen LogP contribution in [0, 0.1) is 0 Å². The maximum absolute atomic E-state index is 14.1. The van der Waals surface area contributed by atoms with Crippen LogP contribution in [-0.4, -0.2) is 32.8 Å². The summed E-state index contributed by atoms with van der Waals surface area (Å²) in [5.41, 5.74) is 1.09. The van der Waals surface area contributed by atoms with Gasteiger partial charge in [0.1, 0.15) is 11.5 Å². The van der Waals surface area contributed by atoms with Gasteiger partial charge >= 0.3 is 6.18 Å². The Balaban J connectivity index is 1.66.